The van der Waals surface area contributed by atoms with Gasteiger partial charge in [0.05, 0.1) is 5.02 Å². The minimum atomic E-state index is -0.492. The number of benzene rings is 1. The highest BCUT2D eigenvalue weighted by Gasteiger charge is 2.18. The van der Waals surface area contributed by atoms with E-state index in [4.69, 9.17) is 11.6 Å². The lowest BCUT2D eigenvalue weighted by atomic mass is 9.97. The molecule has 2 N–H and O–H groups in total. The van der Waals surface area contributed by atoms with Crippen molar-refractivity contribution in [3.63, 3.8) is 0 Å². The third-order valence-corrected chi connectivity index (χ3v) is 3.33. The zero-order valence-electron chi connectivity index (χ0n) is 8.97. The minimum absolute atomic E-state index is 0.00530. The van der Waals surface area contributed by atoms with Crippen LogP contribution in [0.2, 0.25) is 5.02 Å². The van der Waals surface area contributed by atoms with E-state index in [9.17, 15) is 9.50 Å². The van der Waals surface area contributed by atoms with Crippen molar-refractivity contribution >= 4 is 11.6 Å². The lowest BCUT2D eigenvalue weighted by Crippen LogP contribution is -2.35. The number of aromatic hydroxyl groups is 1. The molecule has 1 aliphatic rings. The van der Waals surface area contributed by atoms with Gasteiger partial charge in [-0.1, -0.05) is 18.0 Å². The fraction of sp³-hybridized carbons (Fsp3) is 0.500. The maximum absolute atomic E-state index is 13.7. The van der Waals surface area contributed by atoms with E-state index in [1.807, 2.05) is 0 Å². The van der Waals surface area contributed by atoms with Gasteiger partial charge in [0.1, 0.15) is 11.6 Å². The molecule has 0 saturated carbocycles. The van der Waals surface area contributed by atoms with Gasteiger partial charge in [0.2, 0.25) is 0 Å². The summed E-state index contributed by atoms with van der Waals surface area (Å²) >= 11 is 5.70. The SMILES string of the molecule is Oc1ccc(Cl)c(F)c1CC1CCCCN1. The van der Waals surface area contributed by atoms with Gasteiger partial charge in [-0.05, 0) is 37.9 Å². The van der Waals surface area contributed by atoms with Crippen LogP contribution in [0.3, 0.4) is 0 Å². The summed E-state index contributed by atoms with van der Waals surface area (Å²) in [4.78, 5) is 0. The van der Waals surface area contributed by atoms with E-state index < -0.39 is 5.82 Å². The number of hydrogen-bond acceptors (Lipinski definition) is 2. The molecule has 2 rings (SSSR count). The highest BCUT2D eigenvalue weighted by Crippen LogP contribution is 2.28. The molecule has 0 radical (unpaired) electrons. The van der Waals surface area contributed by atoms with E-state index in [2.05, 4.69) is 5.32 Å². The molecular weight excluding hydrogens is 229 g/mol. The number of hydrogen-bond donors (Lipinski definition) is 2. The summed E-state index contributed by atoms with van der Waals surface area (Å²) in [7, 11) is 0. The van der Waals surface area contributed by atoms with Gasteiger partial charge in [-0.25, -0.2) is 4.39 Å². The number of phenols is 1. The molecule has 1 fully saturated rings. The molecule has 1 heterocycles. The number of nitrogens with one attached hydrogen (secondary N) is 1. The third kappa shape index (κ3) is 2.47. The Morgan fingerprint density at radius 1 is 1.44 bits per heavy atom. The molecule has 0 aliphatic carbocycles. The first kappa shape index (κ1) is 11.7. The number of phenolic OH excluding ortho intramolecular Hbond substituents is 1. The first-order valence-corrected chi connectivity index (χ1v) is 5.95. The summed E-state index contributed by atoms with van der Waals surface area (Å²) in [6, 6.07) is 3.07. The largest absolute Gasteiger partial charge is 0.508 e. The lowest BCUT2D eigenvalue weighted by molar-refractivity contribution is 0.385. The second kappa shape index (κ2) is 5.02. The summed E-state index contributed by atoms with van der Waals surface area (Å²) in [6.07, 6.45) is 3.84. The van der Waals surface area contributed by atoms with Gasteiger partial charge < -0.3 is 10.4 Å². The van der Waals surface area contributed by atoms with Crippen molar-refractivity contribution < 1.29 is 9.50 Å². The Kier molecular flexibility index (Phi) is 3.66. The molecule has 16 heavy (non-hydrogen) atoms. The molecule has 0 aromatic heterocycles. The van der Waals surface area contributed by atoms with Crippen LogP contribution in [0, 0.1) is 5.82 Å². The first-order chi connectivity index (χ1) is 7.68. The number of piperidine rings is 1. The normalized spacial score (nSPS) is 21.0. The van der Waals surface area contributed by atoms with Crippen LogP contribution in [0.1, 0.15) is 24.8 Å². The quantitative estimate of drug-likeness (QED) is 0.837. The predicted molar refractivity (Wildman–Crippen MR) is 62.4 cm³/mol. The van der Waals surface area contributed by atoms with Crippen molar-refractivity contribution in [2.75, 3.05) is 6.54 Å². The Morgan fingerprint density at radius 3 is 2.94 bits per heavy atom. The van der Waals surface area contributed by atoms with Gasteiger partial charge in [0.15, 0.2) is 0 Å². The fourth-order valence-electron chi connectivity index (χ4n) is 2.12. The van der Waals surface area contributed by atoms with Crippen LogP contribution >= 0.6 is 11.6 Å². The Balaban J connectivity index is 2.16. The molecule has 0 amide bonds. The second-order valence-corrected chi connectivity index (χ2v) is 4.62. The average Bonchev–Trinajstić information content (AvgIpc) is 2.31. The summed E-state index contributed by atoms with van der Waals surface area (Å²) in [6.45, 7) is 0.966. The van der Waals surface area contributed by atoms with Crippen LogP contribution in [-0.4, -0.2) is 17.7 Å². The van der Waals surface area contributed by atoms with E-state index in [-0.39, 0.29) is 16.8 Å². The summed E-state index contributed by atoms with van der Waals surface area (Å²) in [5.41, 5.74) is 0.326. The number of halogens is 2. The molecule has 0 spiro atoms. The summed E-state index contributed by atoms with van der Waals surface area (Å²) < 4.78 is 13.7. The first-order valence-electron chi connectivity index (χ1n) is 5.57. The van der Waals surface area contributed by atoms with E-state index in [0.29, 0.717) is 12.0 Å². The van der Waals surface area contributed by atoms with Crippen molar-refractivity contribution in [2.24, 2.45) is 0 Å². The van der Waals surface area contributed by atoms with Crippen LogP contribution in [0.15, 0.2) is 12.1 Å². The van der Waals surface area contributed by atoms with Gasteiger partial charge in [0.25, 0.3) is 0 Å². The molecule has 1 unspecified atom stereocenters. The minimum Gasteiger partial charge on any atom is -0.508 e. The van der Waals surface area contributed by atoms with Crippen molar-refractivity contribution in [3.8, 4) is 5.75 Å². The molecule has 1 atom stereocenters. The van der Waals surface area contributed by atoms with Crippen molar-refractivity contribution in [2.45, 2.75) is 31.7 Å². The molecule has 88 valence electrons. The third-order valence-electron chi connectivity index (χ3n) is 3.03. The highest BCUT2D eigenvalue weighted by molar-refractivity contribution is 6.30. The Morgan fingerprint density at radius 2 is 2.25 bits per heavy atom. The second-order valence-electron chi connectivity index (χ2n) is 4.21. The molecule has 1 saturated heterocycles. The molecule has 1 aromatic rings. The Labute approximate surface area is 99.4 Å². The Bertz CT molecular complexity index is 378. The fourth-order valence-corrected chi connectivity index (χ4v) is 2.30. The van der Waals surface area contributed by atoms with Crippen LogP contribution in [0.4, 0.5) is 4.39 Å². The summed E-state index contributed by atoms with van der Waals surface area (Å²) in [5, 5.41) is 13.0. The van der Waals surface area contributed by atoms with E-state index in [0.717, 1.165) is 19.4 Å². The molecule has 1 aromatic carbocycles. The molecule has 1 aliphatic heterocycles. The van der Waals surface area contributed by atoms with E-state index in [1.165, 1.54) is 18.6 Å². The van der Waals surface area contributed by atoms with Gasteiger partial charge in [-0.2, -0.15) is 0 Å². The standard InChI is InChI=1S/C12H15ClFNO/c13-10-4-5-11(16)9(12(10)14)7-8-3-1-2-6-15-8/h4-5,8,15-16H,1-3,6-7H2. The Hall–Kier alpha value is -0.800. The highest BCUT2D eigenvalue weighted by atomic mass is 35.5. The summed E-state index contributed by atoms with van der Waals surface area (Å²) in [5.74, 6) is -0.497. The zero-order chi connectivity index (χ0) is 11.5. The van der Waals surface area contributed by atoms with Crippen molar-refractivity contribution in [1.82, 2.24) is 5.32 Å². The van der Waals surface area contributed by atoms with E-state index in [1.54, 1.807) is 0 Å². The smallest absolute Gasteiger partial charge is 0.148 e. The van der Waals surface area contributed by atoms with Gasteiger partial charge in [0, 0.05) is 11.6 Å². The molecular formula is C12H15ClFNO. The van der Waals surface area contributed by atoms with Crippen LogP contribution in [0.25, 0.3) is 0 Å². The van der Waals surface area contributed by atoms with Gasteiger partial charge in [-0.15, -0.1) is 0 Å². The van der Waals surface area contributed by atoms with E-state index >= 15 is 0 Å². The predicted octanol–water partition coefficient (Wildman–Crippen LogP) is 2.87. The van der Waals surface area contributed by atoms with Gasteiger partial charge >= 0.3 is 0 Å². The van der Waals surface area contributed by atoms with Crippen LogP contribution in [0.5, 0.6) is 5.75 Å². The average molecular weight is 244 g/mol. The topological polar surface area (TPSA) is 32.3 Å². The maximum atomic E-state index is 13.7. The van der Waals surface area contributed by atoms with Crippen molar-refractivity contribution in [3.05, 3.63) is 28.5 Å². The van der Waals surface area contributed by atoms with Crippen LogP contribution < -0.4 is 5.32 Å². The molecule has 2 nitrogen and oxygen atoms in total. The zero-order valence-corrected chi connectivity index (χ0v) is 9.73. The maximum Gasteiger partial charge on any atom is 0.148 e. The lowest BCUT2D eigenvalue weighted by Gasteiger charge is -2.24. The number of rotatable bonds is 2. The van der Waals surface area contributed by atoms with Gasteiger partial charge in [-0.3, -0.25) is 0 Å². The monoisotopic (exact) mass is 243 g/mol. The molecule has 0 bridgehead atoms. The molecule has 4 heteroatoms. The van der Waals surface area contributed by atoms with Crippen molar-refractivity contribution in [1.29, 1.82) is 0 Å². The van der Waals surface area contributed by atoms with Crippen LogP contribution in [-0.2, 0) is 6.42 Å².